The van der Waals surface area contributed by atoms with Crippen molar-refractivity contribution in [1.82, 2.24) is 0 Å². The van der Waals surface area contributed by atoms with E-state index in [2.05, 4.69) is 11.0 Å². The average Bonchev–Trinajstić information content (AvgIpc) is 2.49. The van der Waals surface area contributed by atoms with Crippen LogP contribution in [0.4, 0.5) is 11.4 Å². The van der Waals surface area contributed by atoms with E-state index in [1.165, 1.54) is 44.9 Å². The van der Waals surface area contributed by atoms with Gasteiger partial charge in [-0.05, 0) is 49.3 Å². The van der Waals surface area contributed by atoms with Crippen molar-refractivity contribution in [3.63, 3.8) is 0 Å². The molecule has 3 nitrogen and oxygen atoms in total. The number of benzene rings is 1. The van der Waals surface area contributed by atoms with Gasteiger partial charge in [-0.1, -0.05) is 19.3 Å². The first kappa shape index (κ1) is 13.3. The number of rotatable bonds is 1. The number of hydrogen-bond acceptors (Lipinski definition) is 3. The van der Waals surface area contributed by atoms with Crippen molar-refractivity contribution in [2.75, 3.05) is 23.7 Å². The van der Waals surface area contributed by atoms with Gasteiger partial charge in [0.15, 0.2) is 0 Å². The minimum atomic E-state index is 0.621. The Morgan fingerprint density at radius 3 is 2.35 bits per heavy atom. The highest BCUT2D eigenvalue weighted by Gasteiger charge is 2.35. The molecule has 20 heavy (non-hydrogen) atoms. The maximum atomic E-state index is 8.91. The summed E-state index contributed by atoms with van der Waals surface area (Å²) in [4.78, 5) is 2.40. The van der Waals surface area contributed by atoms with Gasteiger partial charge in [0, 0.05) is 13.1 Å². The monoisotopic (exact) mass is 269 g/mol. The summed E-state index contributed by atoms with van der Waals surface area (Å²) in [5.41, 5.74) is 9.22. The molecule has 1 saturated heterocycles. The van der Waals surface area contributed by atoms with Crippen LogP contribution in [-0.4, -0.2) is 13.1 Å². The smallest absolute Gasteiger partial charge is 0.0992 e. The normalized spacial score (nSPS) is 21.6. The Morgan fingerprint density at radius 2 is 1.75 bits per heavy atom. The van der Waals surface area contributed by atoms with Gasteiger partial charge >= 0.3 is 0 Å². The quantitative estimate of drug-likeness (QED) is 0.791. The van der Waals surface area contributed by atoms with Crippen LogP contribution in [0.25, 0.3) is 0 Å². The van der Waals surface area contributed by atoms with Crippen LogP contribution in [0.5, 0.6) is 0 Å². The van der Waals surface area contributed by atoms with Crippen LogP contribution in [0, 0.1) is 16.7 Å². The van der Waals surface area contributed by atoms with Crippen molar-refractivity contribution in [2.24, 2.45) is 5.41 Å². The Morgan fingerprint density at radius 1 is 1.05 bits per heavy atom. The van der Waals surface area contributed by atoms with Gasteiger partial charge in [0.25, 0.3) is 0 Å². The van der Waals surface area contributed by atoms with E-state index >= 15 is 0 Å². The predicted molar refractivity (Wildman–Crippen MR) is 82.5 cm³/mol. The maximum absolute atomic E-state index is 8.91. The third-order valence-corrected chi connectivity index (χ3v) is 5.24. The van der Waals surface area contributed by atoms with E-state index in [0.717, 1.165) is 24.5 Å². The summed E-state index contributed by atoms with van der Waals surface area (Å²) in [6.45, 7) is 2.21. The highest BCUT2D eigenvalue weighted by molar-refractivity contribution is 5.69. The van der Waals surface area contributed by atoms with Gasteiger partial charge in [0.2, 0.25) is 0 Å². The van der Waals surface area contributed by atoms with Crippen molar-refractivity contribution < 1.29 is 0 Å². The van der Waals surface area contributed by atoms with Crippen LogP contribution < -0.4 is 10.6 Å². The molecule has 2 aliphatic rings. The zero-order valence-electron chi connectivity index (χ0n) is 12.1. The second-order valence-electron chi connectivity index (χ2n) is 6.43. The summed E-state index contributed by atoms with van der Waals surface area (Å²) in [5, 5.41) is 8.91. The summed E-state index contributed by atoms with van der Waals surface area (Å²) in [6, 6.07) is 7.82. The Kier molecular flexibility index (Phi) is 3.56. The van der Waals surface area contributed by atoms with Gasteiger partial charge < -0.3 is 10.6 Å². The lowest BCUT2D eigenvalue weighted by atomic mass is 9.68. The zero-order chi connectivity index (χ0) is 14.0. The van der Waals surface area contributed by atoms with E-state index in [9.17, 15) is 0 Å². The summed E-state index contributed by atoms with van der Waals surface area (Å²) < 4.78 is 0. The summed E-state index contributed by atoms with van der Waals surface area (Å²) in [6.07, 6.45) is 9.69. The highest BCUT2D eigenvalue weighted by atomic mass is 15.1. The summed E-state index contributed by atoms with van der Waals surface area (Å²) in [7, 11) is 0. The third-order valence-electron chi connectivity index (χ3n) is 5.24. The maximum Gasteiger partial charge on any atom is 0.0992 e. The largest absolute Gasteiger partial charge is 0.397 e. The molecule has 1 spiro atoms. The zero-order valence-corrected chi connectivity index (χ0v) is 12.1. The number of nitrogens with two attached hydrogens (primary N) is 1. The van der Waals surface area contributed by atoms with Crippen LogP contribution >= 0.6 is 0 Å². The van der Waals surface area contributed by atoms with Crippen molar-refractivity contribution in [2.45, 2.75) is 44.9 Å². The van der Waals surface area contributed by atoms with Crippen molar-refractivity contribution in [3.8, 4) is 6.07 Å². The Bertz CT molecular complexity index is 514. The molecule has 0 atom stereocenters. The minimum absolute atomic E-state index is 0.621. The average molecular weight is 269 g/mol. The first-order valence-corrected chi connectivity index (χ1v) is 7.77. The van der Waals surface area contributed by atoms with E-state index in [0.29, 0.717) is 11.0 Å². The number of anilines is 2. The Hall–Kier alpha value is -1.69. The predicted octanol–water partition coefficient (Wildman–Crippen LogP) is 3.69. The first-order chi connectivity index (χ1) is 9.72. The molecule has 1 aromatic carbocycles. The molecule has 0 radical (unpaired) electrons. The minimum Gasteiger partial charge on any atom is -0.397 e. The second kappa shape index (κ2) is 5.36. The summed E-state index contributed by atoms with van der Waals surface area (Å²) in [5.74, 6) is 0. The van der Waals surface area contributed by atoms with Gasteiger partial charge in [-0.2, -0.15) is 5.26 Å². The lowest BCUT2D eigenvalue weighted by molar-refractivity contribution is 0.144. The SMILES string of the molecule is N#Cc1ccc(N2CCC3(CCCCC3)CC2)c(N)c1. The molecule has 1 aliphatic heterocycles. The van der Waals surface area contributed by atoms with Gasteiger partial charge in [0.1, 0.15) is 0 Å². The molecular formula is C17H23N3. The van der Waals surface area contributed by atoms with Gasteiger partial charge in [0.05, 0.1) is 23.0 Å². The van der Waals surface area contributed by atoms with Crippen molar-refractivity contribution in [1.29, 1.82) is 5.26 Å². The molecule has 2 fully saturated rings. The number of hydrogen-bond donors (Lipinski definition) is 1. The molecule has 0 amide bonds. The second-order valence-corrected chi connectivity index (χ2v) is 6.43. The van der Waals surface area contributed by atoms with Gasteiger partial charge in [-0.3, -0.25) is 0 Å². The van der Waals surface area contributed by atoms with E-state index in [-0.39, 0.29) is 0 Å². The topological polar surface area (TPSA) is 53.0 Å². The van der Waals surface area contributed by atoms with Gasteiger partial charge in [-0.25, -0.2) is 0 Å². The molecule has 1 heterocycles. The van der Waals surface area contributed by atoms with E-state index in [4.69, 9.17) is 11.0 Å². The standard InChI is InChI=1S/C17H23N3/c18-13-14-4-5-16(15(19)12-14)20-10-8-17(9-11-20)6-2-1-3-7-17/h4-5,12H,1-3,6-11,19H2. The molecule has 0 aromatic heterocycles. The van der Waals surface area contributed by atoms with Crippen LogP contribution in [0.15, 0.2) is 18.2 Å². The van der Waals surface area contributed by atoms with Crippen LogP contribution in [0.3, 0.4) is 0 Å². The van der Waals surface area contributed by atoms with Crippen LogP contribution in [-0.2, 0) is 0 Å². The fraction of sp³-hybridized carbons (Fsp3) is 0.588. The fourth-order valence-electron chi connectivity index (χ4n) is 3.94. The first-order valence-electron chi connectivity index (χ1n) is 7.77. The van der Waals surface area contributed by atoms with Crippen molar-refractivity contribution >= 4 is 11.4 Å². The molecule has 0 bridgehead atoms. The lowest BCUT2D eigenvalue weighted by Crippen LogP contribution is -2.41. The Balaban J connectivity index is 1.70. The molecule has 2 N–H and O–H groups in total. The molecule has 3 heteroatoms. The number of nitrogen functional groups attached to an aromatic ring is 1. The van der Waals surface area contributed by atoms with E-state index < -0.39 is 0 Å². The molecule has 1 saturated carbocycles. The number of nitriles is 1. The molecule has 106 valence electrons. The Labute approximate surface area is 121 Å². The number of piperidine rings is 1. The van der Waals surface area contributed by atoms with Crippen molar-refractivity contribution in [3.05, 3.63) is 23.8 Å². The van der Waals surface area contributed by atoms with E-state index in [1.807, 2.05) is 12.1 Å². The summed E-state index contributed by atoms with van der Waals surface area (Å²) >= 11 is 0. The molecular weight excluding hydrogens is 246 g/mol. The van der Waals surface area contributed by atoms with Crippen LogP contribution in [0.1, 0.15) is 50.5 Å². The molecule has 3 rings (SSSR count). The lowest BCUT2D eigenvalue weighted by Gasteiger charge is -2.45. The number of nitrogens with zero attached hydrogens (tertiary/aromatic N) is 2. The highest BCUT2D eigenvalue weighted by Crippen LogP contribution is 2.45. The van der Waals surface area contributed by atoms with Gasteiger partial charge in [-0.15, -0.1) is 0 Å². The van der Waals surface area contributed by atoms with Crippen LogP contribution in [0.2, 0.25) is 0 Å². The van der Waals surface area contributed by atoms with E-state index in [1.54, 1.807) is 6.07 Å². The molecule has 0 unspecified atom stereocenters. The third kappa shape index (κ3) is 2.47. The fourth-order valence-corrected chi connectivity index (χ4v) is 3.94. The molecule has 1 aliphatic carbocycles. The molecule has 1 aromatic rings.